The number of hydrogen-bond acceptors (Lipinski definition) is 1. The molecule has 0 spiro atoms. The minimum atomic E-state index is -0.302. The third-order valence-electron chi connectivity index (χ3n) is 4.98. The highest BCUT2D eigenvalue weighted by Gasteiger charge is 2.32. The molecule has 0 unspecified atom stereocenters. The SMILES string of the molecule is O=C(N[C@@H]1CC[C@H]2CCCC[C@@H]2C1)c1ccc(F)cc1. The molecule has 3 atom stereocenters. The molecule has 1 aromatic carbocycles. The summed E-state index contributed by atoms with van der Waals surface area (Å²) in [4.78, 5) is 12.2. The molecule has 0 aromatic heterocycles. The predicted octanol–water partition coefficient (Wildman–Crippen LogP) is 3.91. The fourth-order valence-corrected chi connectivity index (χ4v) is 3.87. The van der Waals surface area contributed by atoms with Gasteiger partial charge in [-0.15, -0.1) is 0 Å². The molecule has 0 saturated heterocycles. The number of hydrogen-bond donors (Lipinski definition) is 1. The van der Waals surface area contributed by atoms with E-state index in [4.69, 9.17) is 0 Å². The Labute approximate surface area is 119 Å². The first-order valence-electron chi connectivity index (χ1n) is 7.79. The third kappa shape index (κ3) is 3.02. The molecule has 108 valence electrons. The topological polar surface area (TPSA) is 29.1 Å². The van der Waals surface area contributed by atoms with Gasteiger partial charge in [-0.1, -0.05) is 25.7 Å². The van der Waals surface area contributed by atoms with Crippen LogP contribution in [0.5, 0.6) is 0 Å². The molecule has 2 fully saturated rings. The van der Waals surface area contributed by atoms with Gasteiger partial charge in [-0.25, -0.2) is 4.39 Å². The van der Waals surface area contributed by atoms with E-state index in [0.29, 0.717) is 11.6 Å². The van der Waals surface area contributed by atoms with Gasteiger partial charge < -0.3 is 5.32 Å². The summed E-state index contributed by atoms with van der Waals surface area (Å²) >= 11 is 0. The van der Waals surface area contributed by atoms with Crippen molar-refractivity contribution in [1.82, 2.24) is 5.32 Å². The second-order valence-electron chi connectivity index (χ2n) is 6.29. The average molecular weight is 275 g/mol. The number of amides is 1. The fraction of sp³-hybridized carbons (Fsp3) is 0.588. The van der Waals surface area contributed by atoms with Crippen molar-refractivity contribution in [2.24, 2.45) is 11.8 Å². The van der Waals surface area contributed by atoms with Crippen molar-refractivity contribution in [1.29, 1.82) is 0 Å². The van der Waals surface area contributed by atoms with Gasteiger partial charge >= 0.3 is 0 Å². The molecule has 3 rings (SSSR count). The number of carbonyl (C=O) groups excluding carboxylic acids is 1. The van der Waals surface area contributed by atoms with Crippen LogP contribution in [0.3, 0.4) is 0 Å². The van der Waals surface area contributed by atoms with Crippen molar-refractivity contribution in [3.8, 4) is 0 Å². The summed E-state index contributed by atoms with van der Waals surface area (Å²) in [6.07, 6.45) is 8.90. The number of nitrogens with one attached hydrogen (secondary N) is 1. The van der Waals surface area contributed by atoms with Crippen LogP contribution in [0, 0.1) is 17.7 Å². The molecule has 1 N–H and O–H groups in total. The van der Waals surface area contributed by atoms with Gasteiger partial charge in [0.2, 0.25) is 0 Å². The number of benzene rings is 1. The third-order valence-corrected chi connectivity index (χ3v) is 4.98. The van der Waals surface area contributed by atoms with Gasteiger partial charge in [-0.2, -0.15) is 0 Å². The van der Waals surface area contributed by atoms with Crippen LogP contribution in [0.4, 0.5) is 4.39 Å². The van der Waals surface area contributed by atoms with Crippen molar-refractivity contribution in [2.75, 3.05) is 0 Å². The maximum absolute atomic E-state index is 12.9. The Morgan fingerprint density at radius 2 is 1.70 bits per heavy atom. The first kappa shape index (κ1) is 13.6. The molecule has 2 nitrogen and oxygen atoms in total. The summed E-state index contributed by atoms with van der Waals surface area (Å²) in [7, 11) is 0. The van der Waals surface area contributed by atoms with Gasteiger partial charge in [0.15, 0.2) is 0 Å². The van der Waals surface area contributed by atoms with Crippen molar-refractivity contribution in [3.63, 3.8) is 0 Å². The summed E-state index contributed by atoms with van der Waals surface area (Å²) in [6.45, 7) is 0. The summed E-state index contributed by atoms with van der Waals surface area (Å²) < 4.78 is 12.9. The maximum atomic E-state index is 12.9. The largest absolute Gasteiger partial charge is 0.349 e. The van der Waals surface area contributed by atoms with E-state index in [-0.39, 0.29) is 11.7 Å². The summed E-state index contributed by atoms with van der Waals surface area (Å²) in [6, 6.07) is 6.08. The maximum Gasteiger partial charge on any atom is 0.251 e. The number of carbonyl (C=O) groups is 1. The zero-order chi connectivity index (χ0) is 13.9. The van der Waals surface area contributed by atoms with E-state index in [9.17, 15) is 9.18 Å². The number of rotatable bonds is 2. The molecule has 2 aliphatic rings. The Morgan fingerprint density at radius 1 is 1.00 bits per heavy atom. The van der Waals surface area contributed by atoms with Crippen LogP contribution in [-0.4, -0.2) is 11.9 Å². The van der Waals surface area contributed by atoms with Gasteiger partial charge in [0, 0.05) is 11.6 Å². The van der Waals surface area contributed by atoms with Crippen LogP contribution < -0.4 is 5.32 Å². The molecule has 0 bridgehead atoms. The Morgan fingerprint density at radius 3 is 2.45 bits per heavy atom. The van der Waals surface area contributed by atoms with E-state index in [1.807, 2.05) is 0 Å². The van der Waals surface area contributed by atoms with Crippen LogP contribution in [0.25, 0.3) is 0 Å². The van der Waals surface area contributed by atoms with Gasteiger partial charge in [0.05, 0.1) is 0 Å². The van der Waals surface area contributed by atoms with E-state index in [1.165, 1.54) is 44.2 Å². The number of fused-ring (bicyclic) bond motifs is 1. The lowest BCUT2D eigenvalue weighted by Gasteiger charge is -2.39. The van der Waals surface area contributed by atoms with E-state index in [1.54, 1.807) is 12.1 Å². The molecule has 3 heteroatoms. The van der Waals surface area contributed by atoms with Gasteiger partial charge in [-0.05, 0) is 55.4 Å². The number of halogens is 1. The molecule has 0 heterocycles. The highest BCUT2D eigenvalue weighted by molar-refractivity contribution is 5.94. The highest BCUT2D eigenvalue weighted by atomic mass is 19.1. The van der Waals surface area contributed by atoms with Crippen LogP contribution in [0.2, 0.25) is 0 Å². The normalized spacial score (nSPS) is 29.6. The monoisotopic (exact) mass is 275 g/mol. The second kappa shape index (κ2) is 5.94. The molecule has 1 aromatic rings. The summed E-state index contributed by atoms with van der Waals surface area (Å²) in [5.74, 6) is 1.33. The molecule has 2 aliphatic carbocycles. The summed E-state index contributed by atoms with van der Waals surface area (Å²) in [5, 5.41) is 3.13. The minimum Gasteiger partial charge on any atom is -0.349 e. The quantitative estimate of drug-likeness (QED) is 0.871. The highest BCUT2D eigenvalue weighted by Crippen LogP contribution is 2.40. The average Bonchev–Trinajstić information content (AvgIpc) is 2.48. The molecular formula is C17H22FNO. The summed E-state index contributed by atoms with van der Waals surface area (Å²) in [5.41, 5.74) is 0.553. The van der Waals surface area contributed by atoms with Crippen molar-refractivity contribution < 1.29 is 9.18 Å². The Kier molecular flexibility index (Phi) is 4.04. The lowest BCUT2D eigenvalue weighted by Crippen LogP contribution is -2.41. The Bertz CT molecular complexity index is 470. The molecule has 2 saturated carbocycles. The first-order valence-corrected chi connectivity index (χ1v) is 7.79. The van der Waals surface area contributed by atoms with Crippen LogP contribution >= 0.6 is 0 Å². The molecule has 0 radical (unpaired) electrons. The van der Waals surface area contributed by atoms with Crippen molar-refractivity contribution in [2.45, 2.75) is 51.0 Å². The zero-order valence-electron chi connectivity index (χ0n) is 11.8. The zero-order valence-corrected chi connectivity index (χ0v) is 11.8. The first-order chi connectivity index (χ1) is 9.72. The predicted molar refractivity (Wildman–Crippen MR) is 77.0 cm³/mol. The van der Waals surface area contributed by atoms with E-state index >= 15 is 0 Å². The van der Waals surface area contributed by atoms with E-state index in [0.717, 1.165) is 24.7 Å². The van der Waals surface area contributed by atoms with Gasteiger partial charge in [-0.3, -0.25) is 4.79 Å². The van der Waals surface area contributed by atoms with Gasteiger partial charge in [0.25, 0.3) is 5.91 Å². The lowest BCUT2D eigenvalue weighted by atomic mass is 9.69. The second-order valence-corrected chi connectivity index (χ2v) is 6.29. The van der Waals surface area contributed by atoms with Gasteiger partial charge in [0.1, 0.15) is 5.82 Å². The minimum absolute atomic E-state index is 0.0655. The lowest BCUT2D eigenvalue weighted by molar-refractivity contribution is 0.0879. The Balaban J connectivity index is 1.58. The Hall–Kier alpha value is -1.38. The molecular weight excluding hydrogens is 253 g/mol. The molecule has 0 aliphatic heterocycles. The van der Waals surface area contributed by atoms with Crippen molar-refractivity contribution in [3.05, 3.63) is 35.6 Å². The van der Waals surface area contributed by atoms with Crippen LogP contribution in [0.15, 0.2) is 24.3 Å². The molecule has 1 amide bonds. The standard InChI is InChI=1S/C17H22FNO/c18-15-8-5-13(6-9-15)17(20)19-16-10-7-12-3-1-2-4-14(12)11-16/h5-6,8-9,12,14,16H,1-4,7,10-11H2,(H,19,20)/t12-,14-,16-/m1/s1. The molecule has 20 heavy (non-hydrogen) atoms. The van der Waals surface area contributed by atoms with E-state index in [2.05, 4.69) is 5.32 Å². The fourth-order valence-electron chi connectivity index (χ4n) is 3.87. The van der Waals surface area contributed by atoms with E-state index < -0.39 is 0 Å². The van der Waals surface area contributed by atoms with Crippen LogP contribution in [-0.2, 0) is 0 Å². The van der Waals surface area contributed by atoms with Crippen molar-refractivity contribution >= 4 is 5.91 Å². The smallest absolute Gasteiger partial charge is 0.251 e. The van der Waals surface area contributed by atoms with Crippen LogP contribution in [0.1, 0.15) is 55.3 Å².